The quantitative estimate of drug-likeness (QED) is 0.685. The van der Waals surface area contributed by atoms with Gasteiger partial charge in [0.25, 0.3) is 0 Å². The van der Waals surface area contributed by atoms with Crippen molar-refractivity contribution in [2.24, 2.45) is 5.73 Å². The van der Waals surface area contributed by atoms with Crippen LogP contribution >= 0.6 is 15.9 Å². The lowest BCUT2D eigenvalue weighted by Crippen LogP contribution is -2.31. The summed E-state index contributed by atoms with van der Waals surface area (Å²) >= 11 is 3.33. The standard InChI is InChI=1S/C11H14BrN3O3/c12-8-3-1-2-4-9(8)15-10(16)7-14-5-6-18-11(13)17/h1-4,14H,5-7H2,(H2,13,17)(H,15,16). The molecule has 0 saturated carbocycles. The first-order chi connectivity index (χ1) is 8.59. The summed E-state index contributed by atoms with van der Waals surface area (Å²) in [6, 6.07) is 7.32. The van der Waals surface area contributed by atoms with Crippen LogP contribution < -0.4 is 16.4 Å². The van der Waals surface area contributed by atoms with Gasteiger partial charge in [-0.25, -0.2) is 4.79 Å². The Labute approximate surface area is 113 Å². The van der Waals surface area contributed by atoms with Crippen LogP contribution in [0.1, 0.15) is 0 Å². The summed E-state index contributed by atoms with van der Waals surface area (Å²) < 4.78 is 5.31. The van der Waals surface area contributed by atoms with Crippen molar-refractivity contribution in [1.29, 1.82) is 0 Å². The third-order valence-corrected chi connectivity index (χ3v) is 2.65. The number of primary amides is 1. The van der Waals surface area contributed by atoms with Gasteiger partial charge in [0.05, 0.1) is 12.2 Å². The van der Waals surface area contributed by atoms with Crippen LogP contribution in [0.5, 0.6) is 0 Å². The van der Waals surface area contributed by atoms with Gasteiger partial charge in [-0.2, -0.15) is 0 Å². The summed E-state index contributed by atoms with van der Waals surface area (Å²) in [6.45, 7) is 0.632. The van der Waals surface area contributed by atoms with Crippen LogP contribution in [0.25, 0.3) is 0 Å². The predicted octanol–water partition coefficient (Wildman–Crippen LogP) is 1.07. The highest BCUT2D eigenvalue weighted by molar-refractivity contribution is 9.10. The Morgan fingerprint density at radius 2 is 2.06 bits per heavy atom. The van der Waals surface area contributed by atoms with E-state index in [1.165, 1.54) is 0 Å². The van der Waals surface area contributed by atoms with Gasteiger partial charge in [0, 0.05) is 11.0 Å². The minimum atomic E-state index is -0.825. The molecule has 0 aliphatic rings. The Morgan fingerprint density at radius 3 is 2.72 bits per heavy atom. The highest BCUT2D eigenvalue weighted by Gasteiger charge is 2.04. The van der Waals surface area contributed by atoms with Crippen LogP contribution in [0.2, 0.25) is 0 Å². The van der Waals surface area contributed by atoms with Gasteiger partial charge in [-0.3, -0.25) is 4.79 Å². The number of hydrogen-bond donors (Lipinski definition) is 3. The first-order valence-corrected chi connectivity index (χ1v) is 6.06. The van der Waals surface area contributed by atoms with E-state index in [0.717, 1.165) is 4.47 Å². The van der Waals surface area contributed by atoms with E-state index in [1.54, 1.807) is 6.07 Å². The van der Waals surface area contributed by atoms with Crippen LogP contribution in [0.3, 0.4) is 0 Å². The van der Waals surface area contributed by atoms with E-state index >= 15 is 0 Å². The van der Waals surface area contributed by atoms with Crippen molar-refractivity contribution in [1.82, 2.24) is 5.32 Å². The normalized spacial score (nSPS) is 9.83. The Hall–Kier alpha value is -1.60. The minimum Gasteiger partial charge on any atom is -0.448 e. The maximum atomic E-state index is 11.5. The molecule has 0 atom stereocenters. The van der Waals surface area contributed by atoms with Crippen molar-refractivity contribution >= 4 is 33.6 Å². The molecule has 0 radical (unpaired) electrons. The lowest BCUT2D eigenvalue weighted by atomic mass is 10.3. The highest BCUT2D eigenvalue weighted by Crippen LogP contribution is 2.20. The molecule has 0 aliphatic carbocycles. The van der Waals surface area contributed by atoms with Crippen molar-refractivity contribution in [3.05, 3.63) is 28.7 Å². The maximum absolute atomic E-state index is 11.5. The molecule has 0 fully saturated rings. The number of rotatable bonds is 6. The molecule has 18 heavy (non-hydrogen) atoms. The van der Waals surface area contributed by atoms with Gasteiger partial charge in [0.15, 0.2) is 0 Å². The Balaban J connectivity index is 2.22. The van der Waals surface area contributed by atoms with E-state index in [0.29, 0.717) is 12.2 Å². The molecule has 0 bridgehead atoms. The first-order valence-electron chi connectivity index (χ1n) is 5.27. The number of ether oxygens (including phenoxy) is 1. The van der Waals surface area contributed by atoms with Crippen LogP contribution in [0.4, 0.5) is 10.5 Å². The molecule has 1 aromatic rings. The molecule has 0 aliphatic heterocycles. The van der Waals surface area contributed by atoms with Gasteiger partial charge in [0.1, 0.15) is 6.61 Å². The fourth-order valence-electron chi connectivity index (χ4n) is 1.18. The molecular weight excluding hydrogens is 302 g/mol. The van der Waals surface area contributed by atoms with Crippen LogP contribution in [0.15, 0.2) is 28.7 Å². The maximum Gasteiger partial charge on any atom is 0.404 e. The molecule has 98 valence electrons. The molecule has 7 heteroatoms. The molecular formula is C11H14BrN3O3. The summed E-state index contributed by atoms with van der Waals surface area (Å²) in [6.07, 6.45) is -0.825. The van der Waals surface area contributed by atoms with Crippen molar-refractivity contribution in [3.63, 3.8) is 0 Å². The predicted molar refractivity (Wildman–Crippen MR) is 71.2 cm³/mol. The van der Waals surface area contributed by atoms with Gasteiger partial charge in [-0.05, 0) is 28.1 Å². The Morgan fingerprint density at radius 1 is 1.33 bits per heavy atom. The number of nitrogens with one attached hydrogen (secondary N) is 2. The number of hydrogen-bond acceptors (Lipinski definition) is 4. The largest absolute Gasteiger partial charge is 0.448 e. The number of nitrogens with two attached hydrogens (primary N) is 1. The average Bonchev–Trinajstić information content (AvgIpc) is 2.31. The van der Waals surface area contributed by atoms with E-state index in [2.05, 4.69) is 31.3 Å². The highest BCUT2D eigenvalue weighted by atomic mass is 79.9. The SMILES string of the molecule is NC(=O)OCCNCC(=O)Nc1ccccc1Br. The Bertz CT molecular complexity index is 426. The second-order valence-corrected chi connectivity index (χ2v) is 4.23. The summed E-state index contributed by atoms with van der Waals surface area (Å²) in [7, 11) is 0. The summed E-state index contributed by atoms with van der Waals surface area (Å²) in [5, 5.41) is 5.55. The Kier molecular flexibility index (Phi) is 6.16. The number of carbonyl (C=O) groups is 2. The summed E-state index contributed by atoms with van der Waals surface area (Å²) in [5.41, 5.74) is 5.49. The van der Waals surface area contributed by atoms with Crippen LogP contribution in [-0.2, 0) is 9.53 Å². The van der Waals surface area contributed by atoms with Crippen LogP contribution in [-0.4, -0.2) is 31.7 Å². The lowest BCUT2D eigenvalue weighted by Gasteiger charge is -2.08. The second-order valence-electron chi connectivity index (χ2n) is 3.37. The number of para-hydroxylation sites is 1. The molecule has 2 amide bonds. The minimum absolute atomic E-state index is 0.128. The molecule has 0 saturated heterocycles. The zero-order chi connectivity index (χ0) is 13.4. The zero-order valence-corrected chi connectivity index (χ0v) is 11.2. The van der Waals surface area contributed by atoms with Crippen molar-refractivity contribution in [2.75, 3.05) is 25.0 Å². The number of halogens is 1. The number of carbonyl (C=O) groups excluding carboxylic acids is 2. The molecule has 0 unspecified atom stereocenters. The third kappa shape index (κ3) is 5.65. The average molecular weight is 316 g/mol. The molecule has 1 aromatic carbocycles. The molecule has 0 heterocycles. The fraction of sp³-hybridized carbons (Fsp3) is 0.273. The third-order valence-electron chi connectivity index (χ3n) is 1.96. The molecule has 0 aromatic heterocycles. The summed E-state index contributed by atoms with van der Waals surface area (Å²) in [5.74, 6) is -0.180. The van der Waals surface area contributed by atoms with Crippen molar-refractivity contribution in [2.45, 2.75) is 0 Å². The van der Waals surface area contributed by atoms with E-state index in [9.17, 15) is 9.59 Å². The fourth-order valence-corrected chi connectivity index (χ4v) is 1.57. The zero-order valence-electron chi connectivity index (χ0n) is 9.61. The lowest BCUT2D eigenvalue weighted by molar-refractivity contribution is -0.115. The van der Waals surface area contributed by atoms with Gasteiger partial charge >= 0.3 is 6.09 Å². The van der Waals surface area contributed by atoms with E-state index in [1.807, 2.05) is 18.2 Å². The molecule has 6 nitrogen and oxygen atoms in total. The van der Waals surface area contributed by atoms with Gasteiger partial charge in [-0.15, -0.1) is 0 Å². The molecule has 1 rings (SSSR count). The smallest absolute Gasteiger partial charge is 0.404 e. The number of amides is 2. The van der Waals surface area contributed by atoms with E-state index < -0.39 is 6.09 Å². The van der Waals surface area contributed by atoms with Gasteiger partial charge in [-0.1, -0.05) is 12.1 Å². The van der Waals surface area contributed by atoms with E-state index in [-0.39, 0.29) is 19.1 Å². The first kappa shape index (κ1) is 14.5. The van der Waals surface area contributed by atoms with Gasteiger partial charge < -0.3 is 21.1 Å². The molecule has 4 N–H and O–H groups in total. The van der Waals surface area contributed by atoms with Gasteiger partial charge in [0.2, 0.25) is 5.91 Å². The topological polar surface area (TPSA) is 93.5 Å². The monoisotopic (exact) mass is 315 g/mol. The van der Waals surface area contributed by atoms with Crippen LogP contribution in [0, 0.1) is 0 Å². The second kappa shape index (κ2) is 7.67. The van der Waals surface area contributed by atoms with Crippen molar-refractivity contribution < 1.29 is 14.3 Å². The number of anilines is 1. The molecule has 0 spiro atoms. The van der Waals surface area contributed by atoms with Crippen molar-refractivity contribution in [3.8, 4) is 0 Å². The number of benzene rings is 1. The van der Waals surface area contributed by atoms with E-state index in [4.69, 9.17) is 5.73 Å². The summed E-state index contributed by atoms with van der Waals surface area (Å²) in [4.78, 5) is 21.8.